The Kier molecular flexibility index (Phi) is 8.79. The van der Waals surface area contributed by atoms with Gasteiger partial charge in [0.05, 0.1) is 16.2 Å². The minimum Gasteiger partial charge on any atom is -0.321 e. The number of thiazole rings is 1. The fourth-order valence-electron chi connectivity index (χ4n) is 4.24. The molecule has 0 radical (unpaired) electrons. The second kappa shape index (κ2) is 11.5. The molecule has 9 heteroatoms. The topological polar surface area (TPSA) is 91.4 Å². The van der Waals surface area contributed by atoms with Crippen LogP contribution in [0.2, 0.25) is 0 Å². The van der Waals surface area contributed by atoms with E-state index < -0.39 is 6.03 Å². The van der Waals surface area contributed by atoms with E-state index in [0.29, 0.717) is 16.8 Å². The first-order chi connectivity index (χ1) is 14.2. The second-order valence-corrected chi connectivity index (χ2v) is 10.1. The number of hydrogen-bond donors (Lipinski definition) is 2. The zero-order valence-corrected chi connectivity index (χ0v) is 18.4. The first kappa shape index (κ1) is 22.1. The minimum atomic E-state index is -0.555. The van der Waals surface area contributed by atoms with Crippen LogP contribution in [0.4, 0.5) is 14.7 Å². The number of nitrogens with zero attached hydrogens (tertiary/aromatic N) is 2. The van der Waals surface area contributed by atoms with Gasteiger partial charge in [0.25, 0.3) is 0 Å². The summed E-state index contributed by atoms with van der Waals surface area (Å²) in [5.41, 5.74) is 0. The molecule has 2 N–H and O–H groups in total. The Labute approximate surface area is 180 Å². The summed E-state index contributed by atoms with van der Waals surface area (Å²) in [7, 11) is 0. The van der Waals surface area contributed by atoms with Crippen molar-refractivity contribution in [1.29, 1.82) is 0 Å². The van der Waals surface area contributed by atoms with Gasteiger partial charge in [-0.1, -0.05) is 49.9 Å². The van der Waals surface area contributed by atoms with Crippen LogP contribution < -0.4 is 10.6 Å². The number of carbonyl (C=O) groups is 3. The number of urea groups is 2. The summed E-state index contributed by atoms with van der Waals surface area (Å²) in [5.74, 6) is 0.889. The lowest BCUT2D eigenvalue weighted by Crippen LogP contribution is -2.51. The number of thioether (sulfide) groups is 1. The highest BCUT2D eigenvalue weighted by molar-refractivity contribution is 8.01. The Morgan fingerprint density at radius 1 is 1.14 bits per heavy atom. The summed E-state index contributed by atoms with van der Waals surface area (Å²) in [4.78, 5) is 41.8. The van der Waals surface area contributed by atoms with Gasteiger partial charge < -0.3 is 9.69 Å². The molecule has 0 atom stereocenters. The van der Waals surface area contributed by atoms with E-state index in [0.717, 1.165) is 42.7 Å². The lowest BCUT2D eigenvalue weighted by atomic mass is 9.87. The Hall–Kier alpha value is -1.61. The van der Waals surface area contributed by atoms with E-state index in [9.17, 15) is 14.4 Å². The van der Waals surface area contributed by atoms with E-state index in [-0.39, 0.29) is 12.1 Å². The Morgan fingerprint density at radius 3 is 2.52 bits per heavy atom. The normalized spacial score (nSPS) is 18.2. The molecule has 1 aromatic heterocycles. The van der Waals surface area contributed by atoms with Crippen molar-refractivity contribution in [2.45, 2.75) is 74.5 Å². The fourth-order valence-corrected chi connectivity index (χ4v) is 5.82. The molecule has 2 fully saturated rings. The summed E-state index contributed by atoms with van der Waals surface area (Å²) in [5, 5.41) is 5.56. The lowest BCUT2D eigenvalue weighted by molar-refractivity contribution is -0.105. The van der Waals surface area contributed by atoms with Crippen LogP contribution in [0.25, 0.3) is 0 Å². The van der Waals surface area contributed by atoms with Crippen molar-refractivity contribution < 1.29 is 14.4 Å². The molecule has 1 aromatic rings. The number of aromatic nitrogens is 1. The summed E-state index contributed by atoms with van der Waals surface area (Å²) >= 11 is 2.66. The van der Waals surface area contributed by atoms with E-state index >= 15 is 0 Å². The van der Waals surface area contributed by atoms with E-state index in [1.54, 1.807) is 6.20 Å². The van der Waals surface area contributed by atoms with Crippen LogP contribution in [-0.2, 0) is 4.79 Å². The highest BCUT2D eigenvalue weighted by atomic mass is 32.2. The zero-order chi connectivity index (χ0) is 20.5. The van der Waals surface area contributed by atoms with Crippen molar-refractivity contribution in [3.63, 3.8) is 0 Å². The predicted molar refractivity (Wildman–Crippen MR) is 117 cm³/mol. The summed E-state index contributed by atoms with van der Waals surface area (Å²) in [6, 6.07) is -0.627. The first-order valence-corrected chi connectivity index (χ1v) is 12.4. The molecular formula is C20H30N4O3S2. The van der Waals surface area contributed by atoms with E-state index in [2.05, 4.69) is 15.6 Å². The van der Waals surface area contributed by atoms with Gasteiger partial charge in [-0.25, -0.2) is 14.6 Å². The van der Waals surface area contributed by atoms with Gasteiger partial charge in [0, 0.05) is 12.6 Å². The van der Waals surface area contributed by atoms with Gasteiger partial charge in [0.1, 0.15) is 6.29 Å². The molecule has 3 rings (SSSR count). The van der Waals surface area contributed by atoms with Crippen LogP contribution in [0.5, 0.6) is 0 Å². The van der Waals surface area contributed by atoms with Crippen molar-refractivity contribution in [2.24, 2.45) is 5.92 Å². The van der Waals surface area contributed by atoms with Crippen molar-refractivity contribution in [2.75, 3.05) is 17.6 Å². The molecule has 2 saturated carbocycles. The molecule has 0 aliphatic heterocycles. The van der Waals surface area contributed by atoms with Gasteiger partial charge in [-0.15, -0.1) is 11.8 Å². The van der Waals surface area contributed by atoms with Crippen molar-refractivity contribution in [3.8, 4) is 0 Å². The van der Waals surface area contributed by atoms with Gasteiger partial charge in [0.15, 0.2) is 5.13 Å². The van der Waals surface area contributed by atoms with Gasteiger partial charge in [-0.2, -0.15) is 0 Å². The molecule has 4 amide bonds. The maximum Gasteiger partial charge on any atom is 0.329 e. The van der Waals surface area contributed by atoms with Crippen LogP contribution in [0.1, 0.15) is 64.2 Å². The summed E-state index contributed by atoms with van der Waals surface area (Å²) in [6.45, 7) is 0.744. The molecule has 160 valence electrons. The van der Waals surface area contributed by atoms with Gasteiger partial charge in [-0.05, 0) is 31.6 Å². The van der Waals surface area contributed by atoms with Crippen molar-refractivity contribution >= 4 is 46.6 Å². The number of carbonyl (C=O) groups excluding carboxylic acids is 3. The zero-order valence-electron chi connectivity index (χ0n) is 16.7. The first-order valence-electron chi connectivity index (χ1n) is 10.6. The SMILES string of the molecule is O=CCSc1cnc(NC(=O)NC(=O)N(CC2CCCCC2)C2CCCCC2)s1. The lowest BCUT2D eigenvalue weighted by Gasteiger charge is -2.37. The fraction of sp³-hybridized carbons (Fsp3) is 0.700. The molecule has 0 aromatic carbocycles. The standard InChI is InChI=1S/C20H30N4O3S2/c25-11-12-28-17-13-21-19(29-17)22-18(26)23-20(27)24(16-9-5-2-6-10-16)14-15-7-3-1-4-8-15/h11,13,15-16H,1-10,12,14H2,(H2,21,22,23,26,27). The molecule has 1 heterocycles. The highest BCUT2D eigenvalue weighted by Gasteiger charge is 2.29. The smallest absolute Gasteiger partial charge is 0.321 e. The molecule has 0 saturated heterocycles. The average molecular weight is 439 g/mol. The van der Waals surface area contributed by atoms with Crippen molar-refractivity contribution in [3.05, 3.63) is 6.20 Å². The van der Waals surface area contributed by atoms with E-state index in [4.69, 9.17) is 0 Å². The third-order valence-electron chi connectivity index (χ3n) is 5.68. The van der Waals surface area contributed by atoms with E-state index in [1.165, 1.54) is 61.6 Å². The molecule has 0 spiro atoms. The van der Waals surface area contributed by atoms with Crippen LogP contribution >= 0.6 is 23.1 Å². The summed E-state index contributed by atoms with van der Waals surface area (Å²) in [6.07, 6.45) is 14.1. The number of nitrogens with one attached hydrogen (secondary N) is 2. The third-order valence-corrected chi connectivity index (χ3v) is 7.68. The minimum absolute atomic E-state index is 0.227. The van der Waals surface area contributed by atoms with Crippen LogP contribution in [0.3, 0.4) is 0 Å². The maximum atomic E-state index is 13.0. The number of aldehydes is 1. The monoisotopic (exact) mass is 438 g/mol. The Balaban J connectivity index is 1.56. The Bertz CT molecular complexity index is 685. The number of amides is 4. The van der Waals surface area contributed by atoms with E-state index in [1.807, 2.05) is 4.90 Å². The van der Waals surface area contributed by atoms with Crippen molar-refractivity contribution in [1.82, 2.24) is 15.2 Å². The molecule has 2 aliphatic rings. The molecule has 2 aliphatic carbocycles. The molecule has 29 heavy (non-hydrogen) atoms. The largest absolute Gasteiger partial charge is 0.329 e. The Morgan fingerprint density at radius 2 is 1.83 bits per heavy atom. The van der Waals surface area contributed by atoms with Gasteiger partial charge >= 0.3 is 12.1 Å². The maximum absolute atomic E-state index is 13.0. The molecular weight excluding hydrogens is 408 g/mol. The molecule has 0 unspecified atom stereocenters. The molecule has 7 nitrogen and oxygen atoms in total. The third kappa shape index (κ3) is 6.99. The van der Waals surface area contributed by atoms with Crippen LogP contribution in [0, 0.1) is 5.92 Å². The summed E-state index contributed by atoms with van der Waals surface area (Å²) < 4.78 is 0.847. The number of rotatable bonds is 7. The predicted octanol–water partition coefficient (Wildman–Crippen LogP) is 4.89. The van der Waals surface area contributed by atoms with Gasteiger partial charge in [-0.3, -0.25) is 10.6 Å². The number of anilines is 1. The quantitative estimate of drug-likeness (QED) is 0.467. The number of imide groups is 1. The molecule has 0 bridgehead atoms. The van der Waals surface area contributed by atoms with Gasteiger partial charge in [0.2, 0.25) is 0 Å². The number of hydrogen-bond acceptors (Lipinski definition) is 6. The second-order valence-electron chi connectivity index (χ2n) is 7.79. The average Bonchev–Trinajstić information content (AvgIpc) is 3.18. The highest BCUT2D eigenvalue weighted by Crippen LogP contribution is 2.29. The van der Waals surface area contributed by atoms with Crippen LogP contribution in [0.15, 0.2) is 10.4 Å². The van der Waals surface area contributed by atoms with Crippen LogP contribution in [-0.4, -0.2) is 46.6 Å².